The molecule has 7 heteroatoms. The highest BCUT2D eigenvalue weighted by atomic mass is 16.2. The molecule has 0 spiro atoms. The number of likely N-dealkylation sites (tertiary alicyclic amines) is 1. The average molecular weight is 406 g/mol. The highest BCUT2D eigenvalue weighted by Gasteiger charge is 2.30. The van der Waals surface area contributed by atoms with Crippen LogP contribution in [0.15, 0.2) is 58.1 Å². The minimum Gasteiger partial charge on any atom is -0.348 e. The summed E-state index contributed by atoms with van der Waals surface area (Å²) in [6, 6.07) is 15.5. The molecule has 1 aromatic heterocycles. The quantitative estimate of drug-likeness (QED) is 0.679. The van der Waals surface area contributed by atoms with E-state index in [1.807, 2.05) is 18.2 Å². The number of aromatic amines is 1. The van der Waals surface area contributed by atoms with Crippen LogP contribution in [-0.2, 0) is 13.1 Å². The van der Waals surface area contributed by atoms with Gasteiger partial charge in [0.15, 0.2) is 0 Å². The molecule has 0 saturated carbocycles. The first kappa shape index (κ1) is 20.1. The fourth-order valence-electron chi connectivity index (χ4n) is 4.19. The summed E-state index contributed by atoms with van der Waals surface area (Å²) >= 11 is 0. The van der Waals surface area contributed by atoms with Gasteiger partial charge in [0.25, 0.3) is 11.5 Å². The molecule has 1 aliphatic heterocycles. The number of hydrogen-bond acceptors (Lipinski definition) is 4. The third kappa shape index (κ3) is 3.93. The molecule has 1 saturated heterocycles. The van der Waals surface area contributed by atoms with Crippen molar-refractivity contribution >= 4 is 16.8 Å². The van der Waals surface area contributed by atoms with E-state index in [0.717, 1.165) is 24.1 Å². The molecule has 2 unspecified atom stereocenters. The smallest absolute Gasteiger partial charge is 0.328 e. The van der Waals surface area contributed by atoms with Crippen LogP contribution >= 0.6 is 0 Å². The minimum absolute atomic E-state index is 0.0547. The number of aromatic nitrogens is 2. The van der Waals surface area contributed by atoms with Crippen LogP contribution in [0.3, 0.4) is 0 Å². The van der Waals surface area contributed by atoms with Crippen molar-refractivity contribution in [2.75, 3.05) is 6.54 Å². The Hall–Kier alpha value is -3.19. The normalized spacial score (nSPS) is 19.3. The molecule has 2 heterocycles. The molecule has 4 rings (SSSR count). The van der Waals surface area contributed by atoms with Crippen molar-refractivity contribution in [3.8, 4) is 0 Å². The summed E-state index contributed by atoms with van der Waals surface area (Å²) in [5, 5.41) is 3.50. The molecule has 1 amide bonds. The number of amides is 1. The number of carbonyl (C=O) groups is 1. The van der Waals surface area contributed by atoms with Gasteiger partial charge in [-0.1, -0.05) is 30.3 Å². The first-order valence-corrected chi connectivity index (χ1v) is 10.3. The van der Waals surface area contributed by atoms with Gasteiger partial charge >= 0.3 is 5.69 Å². The molecule has 2 aromatic carbocycles. The zero-order valence-corrected chi connectivity index (χ0v) is 17.2. The van der Waals surface area contributed by atoms with Gasteiger partial charge in [-0.3, -0.25) is 19.1 Å². The Bertz CT molecular complexity index is 1180. The van der Waals surface area contributed by atoms with Gasteiger partial charge in [0.2, 0.25) is 0 Å². The lowest BCUT2D eigenvalue weighted by Gasteiger charge is -2.20. The molecule has 0 aliphatic carbocycles. The zero-order chi connectivity index (χ0) is 21.3. The molecule has 0 radical (unpaired) electrons. The summed E-state index contributed by atoms with van der Waals surface area (Å²) < 4.78 is 1.14. The monoisotopic (exact) mass is 406 g/mol. The van der Waals surface area contributed by atoms with Crippen LogP contribution in [0, 0.1) is 0 Å². The predicted octanol–water partition coefficient (Wildman–Crippen LogP) is 2.10. The van der Waals surface area contributed by atoms with E-state index in [0.29, 0.717) is 29.1 Å². The first-order valence-electron chi connectivity index (χ1n) is 10.3. The van der Waals surface area contributed by atoms with Crippen LogP contribution in [-0.4, -0.2) is 39.0 Å². The van der Waals surface area contributed by atoms with Crippen LogP contribution in [0.5, 0.6) is 0 Å². The fraction of sp³-hybridized carbons (Fsp3) is 0.348. The van der Waals surface area contributed by atoms with Gasteiger partial charge in [0.05, 0.1) is 10.9 Å². The Morgan fingerprint density at radius 1 is 1.17 bits per heavy atom. The standard InChI is InChI=1S/C23H26N4O3/c1-3-27-22(29)19-10-9-17(12-20(19)25-23(27)30)21(28)24-18-11-15(2)26(14-18)13-16-7-5-4-6-8-16/h4-10,12,15,18H,3,11,13-14H2,1-2H3,(H,24,28)(H,25,30). The van der Waals surface area contributed by atoms with Crippen molar-refractivity contribution in [3.05, 3.63) is 80.5 Å². The van der Waals surface area contributed by atoms with Crippen molar-refractivity contribution < 1.29 is 4.79 Å². The summed E-state index contributed by atoms with van der Waals surface area (Å²) in [7, 11) is 0. The van der Waals surface area contributed by atoms with Crippen LogP contribution in [0.25, 0.3) is 10.9 Å². The second-order valence-electron chi connectivity index (χ2n) is 7.91. The van der Waals surface area contributed by atoms with E-state index in [1.165, 1.54) is 5.56 Å². The van der Waals surface area contributed by atoms with Gasteiger partial charge in [-0.2, -0.15) is 0 Å². The molecule has 2 atom stereocenters. The van der Waals surface area contributed by atoms with Crippen molar-refractivity contribution in [2.45, 2.75) is 45.4 Å². The Kier molecular flexibility index (Phi) is 5.55. The van der Waals surface area contributed by atoms with Gasteiger partial charge < -0.3 is 10.3 Å². The maximum Gasteiger partial charge on any atom is 0.328 e. The molecular formula is C23H26N4O3. The highest BCUT2D eigenvalue weighted by Crippen LogP contribution is 2.21. The minimum atomic E-state index is -0.464. The summed E-state index contributed by atoms with van der Waals surface area (Å²) in [5.41, 5.74) is 1.26. The van der Waals surface area contributed by atoms with Gasteiger partial charge in [-0.05, 0) is 44.0 Å². The highest BCUT2D eigenvalue weighted by molar-refractivity contribution is 5.97. The van der Waals surface area contributed by atoms with Gasteiger partial charge in [-0.15, -0.1) is 0 Å². The number of carbonyl (C=O) groups excluding carboxylic acids is 1. The van der Waals surface area contributed by atoms with Crippen LogP contribution in [0.2, 0.25) is 0 Å². The maximum absolute atomic E-state index is 12.8. The molecule has 0 bridgehead atoms. The molecule has 1 aliphatic rings. The summed E-state index contributed by atoms with van der Waals surface area (Å²) in [6.45, 7) is 5.86. The lowest BCUT2D eigenvalue weighted by atomic mass is 10.1. The zero-order valence-electron chi connectivity index (χ0n) is 17.2. The Balaban J connectivity index is 1.48. The van der Waals surface area contributed by atoms with E-state index in [1.54, 1.807) is 25.1 Å². The molecule has 7 nitrogen and oxygen atoms in total. The SMILES string of the molecule is CCn1c(=O)[nH]c2cc(C(=O)NC3CC(C)N(Cc4ccccc4)C3)ccc2c1=O. The van der Waals surface area contributed by atoms with Crippen molar-refractivity contribution in [2.24, 2.45) is 0 Å². The van der Waals surface area contributed by atoms with E-state index < -0.39 is 5.69 Å². The van der Waals surface area contributed by atoms with Crippen molar-refractivity contribution in [3.63, 3.8) is 0 Å². The molecule has 30 heavy (non-hydrogen) atoms. The lowest BCUT2D eigenvalue weighted by Crippen LogP contribution is -2.37. The maximum atomic E-state index is 12.8. The van der Waals surface area contributed by atoms with E-state index >= 15 is 0 Å². The molecular weight excluding hydrogens is 380 g/mol. The number of fused-ring (bicyclic) bond motifs is 1. The average Bonchev–Trinajstić information content (AvgIpc) is 3.07. The van der Waals surface area contributed by atoms with Gasteiger partial charge in [0.1, 0.15) is 0 Å². The van der Waals surface area contributed by atoms with E-state index in [9.17, 15) is 14.4 Å². The molecule has 156 valence electrons. The second-order valence-corrected chi connectivity index (χ2v) is 7.91. The number of H-pyrrole nitrogens is 1. The Morgan fingerprint density at radius 2 is 1.93 bits per heavy atom. The Morgan fingerprint density at radius 3 is 2.67 bits per heavy atom. The van der Waals surface area contributed by atoms with E-state index in [2.05, 4.69) is 34.3 Å². The molecule has 2 N–H and O–H groups in total. The number of benzene rings is 2. The van der Waals surface area contributed by atoms with Crippen LogP contribution in [0.1, 0.15) is 36.2 Å². The number of nitrogens with one attached hydrogen (secondary N) is 2. The first-order chi connectivity index (χ1) is 14.5. The third-order valence-corrected chi connectivity index (χ3v) is 5.83. The molecule has 1 fully saturated rings. The summed E-state index contributed by atoms with van der Waals surface area (Å²) in [4.78, 5) is 42.3. The summed E-state index contributed by atoms with van der Waals surface area (Å²) in [5.74, 6) is -0.198. The van der Waals surface area contributed by atoms with Gasteiger partial charge in [0, 0.05) is 37.3 Å². The van der Waals surface area contributed by atoms with Crippen LogP contribution < -0.4 is 16.6 Å². The number of nitrogens with zero attached hydrogens (tertiary/aromatic N) is 2. The lowest BCUT2D eigenvalue weighted by molar-refractivity contribution is 0.0937. The fourth-order valence-corrected chi connectivity index (χ4v) is 4.19. The van der Waals surface area contributed by atoms with Crippen LogP contribution in [0.4, 0.5) is 0 Å². The second kappa shape index (κ2) is 8.28. The number of rotatable bonds is 5. The van der Waals surface area contributed by atoms with E-state index in [4.69, 9.17) is 0 Å². The largest absolute Gasteiger partial charge is 0.348 e. The molecule has 3 aromatic rings. The third-order valence-electron chi connectivity index (χ3n) is 5.83. The van der Waals surface area contributed by atoms with Crippen molar-refractivity contribution in [1.29, 1.82) is 0 Å². The Labute approximate surface area is 174 Å². The van der Waals surface area contributed by atoms with E-state index in [-0.39, 0.29) is 17.5 Å². The topological polar surface area (TPSA) is 87.2 Å². The number of hydrogen-bond donors (Lipinski definition) is 2. The predicted molar refractivity (Wildman–Crippen MR) is 117 cm³/mol. The van der Waals surface area contributed by atoms with Crippen molar-refractivity contribution in [1.82, 2.24) is 19.8 Å². The van der Waals surface area contributed by atoms with Gasteiger partial charge in [-0.25, -0.2) is 4.79 Å². The summed E-state index contributed by atoms with van der Waals surface area (Å²) in [6.07, 6.45) is 0.879.